The lowest BCUT2D eigenvalue weighted by Gasteiger charge is -2.17. The lowest BCUT2D eigenvalue weighted by atomic mass is 10.2. The fourth-order valence-corrected chi connectivity index (χ4v) is 4.39. The number of amides is 1. The van der Waals surface area contributed by atoms with Gasteiger partial charge >= 0.3 is 0 Å². The lowest BCUT2D eigenvalue weighted by Crippen LogP contribution is -2.17. The summed E-state index contributed by atoms with van der Waals surface area (Å²) in [5.41, 5.74) is 1.44. The van der Waals surface area contributed by atoms with E-state index in [2.05, 4.69) is 10.0 Å². The molecule has 0 spiro atoms. The van der Waals surface area contributed by atoms with E-state index in [0.717, 1.165) is 0 Å². The van der Waals surface area contributed by atoms with Crippen LogP contribution in [0.1, 0.15) is 15.9 Å². The molecule has 31 heavy (non-hydrogen) atoms. The van der Waals surface area contributed by atoms with Gasteiger partial charge in [0.25, 0.3) is 5.91 Å². The summed E-state index contributed by atoms with van der Waals surface area (Å²) in [6.45, 7) is 0. The highest BCUT2D eigenvalue weighted by atomic mass is 35.5. The first-order chi connectivity index (χ1) is 14.8. The molecular formula is C22H21ClN2O5S. The summed E-state index contributed by atoms with van der Waals surface area (Å²) in [7, 11) is -0.986. The van der Waals surface area contributed by atoms with Gasteiger partial charge in [-0.3, -0.25) is 9.52 Å². The van der Waals surface area contributed by atoms with Crippen molar-refractivity contribution in [1.29, 1.82) is 0 Å². The van der Waals surface area contributed by atoms with Gasteiger partial charge in [-0.1, -0.05) is 48.0 Å². The van der Waals surface area contributed by atoms with Gasteiger partial charge in [0, 0.05) is 22.7 Å². The Balaban J connectivity index is 1.87. The van der Waals surface area contributed by atoms with Crippen LogP contribution in [0.3, 0.4) is 0 Å². The monoisotopic (exact) mass is 460 g/mol. The molecule has 0 saturated heterocycles. The minimum absolute atomic E-state index is 0.170. The molecule has 0 bridgehead atoms. The minimum Gasteiger partial charge on any atom is -0.494 e. The topological polar surface area (TPSA) is 93.7 Å². The second-order valence-electron chi connectivity index (χ2n) is 6.53. The first-order valence-corrected chi connectivity index (χ1v) is 11.2. The number of anilines is 2. The first-order valence-electron chi connectivity index (χ1n) is 9.19. The molecule has 7 nitrogen and oxygen atoms in total. The number of hydrogen-bond donors (Lipinski definition) is 2. The van der Waals surface area contributed by atoms with E-state index in [1.165, 1.54) is 26.4 Å². The van der Waals surface area contributed by atoms with Gasteiger partial charge in [0.15, 0.2) is 0 Å². The molecule has 2 N–H and O–H groups in total. The highest BCUT2D eigenvalue weighted by Gasteiger charge is 2.20. The zero-order chi connectivity index (χ0) is 22.4. The van der Waals surface area contributed by atoms with Crippen LogP contribution in [0.15, 0.2) is 66.7 Å². The van der Waals surface area contributed by atoms with Crippen LogP contribution in [0.2, 0.25) is 5.02 Å². The molecule has 0 fully saturated rings. The summed E-state index contributed by atoms with van der Waals surface area (Å²) >= 11 is 6.08. The van der Waals surface area contributed by atoms with Crippen molar-refractivity contribution in [2.45, 2.75) is 5.75 Å². The highest BCUT2D eigenvalue weighted by Crippen LogP contribution is 2.37. The Morgan fingerprint density at radius 3 is 2.13 bits per heavy atom. The molecule has 162 valence electrons. The van der Waals surface area contributed by atoms with Crippen LogP contribution in [0.25, 0.3) is 0 Å². The van der Waals surface area contributed by atoms with Gasteiger partial charge in [0.05, 0.1) is 31.3 Å². The van der Waals surface area contributed by atoms with E-state index in [1.54, 1.807) is 48.5 Å². The molecule has 0 aromatic heterocycles. The highest BCUT2D eigenvalue weighted by molar-refractivity contribution is 7.91. The van der Waals surface area contributed by atoms with Crippen LogP contribution in [0, 0.1) is 0 Å². The number of rotatable bonds is 8. The largest absolute Gasteiger partial charge is 0.494 e. The van der Waals surface area contributed by atoms with Crippen molar-refractivity contribution < 1.29 is 22.7 Å². The van der Waals surface area contributed by atoms with E-state index in [4.69, 9.17) is 21.1 Å². The molecule has 0 unspecified atom stereocenters. The summed E-state index contributed by atoms with van der Waals surface area (Å²) in [4.78, 5) is 12.5. The SMILES string of the molecule is COc1cc(NS(=O)(=O)Cc2ccccc2Cl)c(OC)cc1NC(=O)c1ccccc1. The van der Waals surface area contributed by atoms with E-state index < -0.39 is 10.0 Å². The number of sulfonamides is 1. The number of carbonyl (C=O) groups excluding carboxylic acids is 1. The molecule has 3 aromatic carbocycles. The molecular weight excluding hydrogens is 440 g/mol. The van der Waals surface area contributed by atoms with Crippen molar-refractivity contribution >= 4 is 38.9 Å². The predicted molar refractivity (Wildman–Crippen MR) is 122 cm³/mol. The molecule has 3 rings (SSSR count). The van der Waals surface area contributed by atoms with Crippen molar-refractivity contribution in [3.63, 3.8) is 0 Å². The van der Waals surface area contributed by atoms with E-state index in [1.807, 2.05) is 6.07 Å². The quantitative estimate of drug-likeness (QED) is 0.514. The summed E-state index contributed by atoms with van der Waals surface area (Å²) < 4.78 is 38.6. The number of carbonyl (C=O) groups is 1. The molecule has 0 radical (unpaired) electrons. The minimum atomic E-state index is -3.80. The van der Waals surface area contributed by atoms with Crippen LogP contribution in [0.4, 0.5) is 11.4 Å². The van der Waals surface area contributed by atoms with Crippen LogP contribution < -0.4 is 19.5 Å². The van der Waals surface area contributed by atoms with Crippen molar-refractivity contribution in [2.75, 3.05) is 24.3 Å². The second-order valence-corrected chi connectivity index (χ2v) is 8.65. The van der Waals surface area contributed by atoms with Crippen LogP contribution >= 0.6 is 11.6 Å². The van der Waals surface area contributed by atoms with Crippen molar-refractivity contribution in [1.82, 2.24) is 0 Å². The fourth-order valence-electron chi connectivity index (χ4n) is 2.88. The average molecular weight is 461 g/mol. The van der Waals surface area contributed by atoms with Gasteiger partial charge < -0.3 is 14.8 Å². The van der Waals surface area contributed by atoms with Gasteiger partial charge in [-0.05, 0) is 23.8 Å². The van der Waals surface area contributed by atoms with Gasteiger partial charge in [-0.15, -0.1) is 0 Å². The third kappa shape index (κ3) is 5.68. The summed E-state index contributed by atoms with van der Waals surface area (Å²) in [5.74, 6) is -0.176. The normalized spacial score (nSPS) is 10.9. The van der Waals surface area contributed by atoms with E-state index in [0.29, 0.717) is 21.8 Å². The number of ether oxygens (including phenoxy) is 2. The molecule has 0 aliphatic rings. The third-order valence-electron chi connectivity index (χ3n) is 4.37. The van der Waals surface area contributed by atoms with Crippen LogP contribution in [0.5, 0.6) is 11.5 Å². The molecule has 1 amide bonds. The van der Waals surface area contributed by atoms with Gasteiger partial charge in [-0.2, -0.15) is 0 Å². The van der Waals surface area contributed by atoms with E-state index in [-0.39, 0.29) is 28.8 Å². The number of benzene rings is 3. The van der Waals surface area contributed by atoms with Crippen LogP contribution in [-0.2, 0) is 15.8 Å². The smallest absolute Gasteiger partial charge is 0.255 e. The first kappa shape index (κ1) is 22.5. The fraction of sp³-hybridized carbons (Fsp3) is 0.136. The number of nitrogens with one attached hydrogen (secondary N) is 2. The average Bonchev–Trinajstić information content (AvgIpc) is 2.76. The standard InChI is InChI=1S/C22H21ClN2O5S/c1-29-20-13-19(25-31(27,28)14-16-10-6-7-11-17(16)23)21(30-2)12-18(20)24-22(26)15-8-4-3-5-9-15/h3-13,25H,14H2,1-2H3,(H,24,26). The second kappa shape index (κ2) is 9.72. The Morgan fingerprint density at radius 2 is 1.48 bits per heavy atom. The third-order valence-corrected chi connectivity index (χ3v) is 5.97. The maximum atomic E-state index is 12.7. The Kier molecular flexibility index (Phi) is 7.04. The van der Waals surface area contributed by atoms with Gasteiger partial charge in [0.2, 0.25) is 10.0 Å². The molecule has 0 aliphatic heterocycles. The van der Waals surface area contributed by atoms with E-state index in [9.17, 15) is 13.2 Å². The number of methoxy groups -OCH3 is 2. The molecule has 0 heterocycles. The van der Waals surface area contributed by atoms with Crippen molar-refractivity contribution in [3.8, 4) is 11.5 Å². The van der Waals surface area contributed by atoms with Crippen molar-refractivity contribution in [3.05, 3.63) is 82.9 Å². The Labute approximate surface area is 186 Å². The number of halogens is 1. The predicted octanol–water partition coefficient (Wildman–Crippen LogP) is 4.55. The zero-order valence-corrected chi connectivity index (χ0v) is 18.5. The van der Waals surface area contributed by atoms with Gasteiger partial charge in [0.1, 0.15) is 11.5 Å². The van der Waals surface area contributed by atoms with Gasteiger partial charge in [-0.25, -0.2) is 8.42 Å². The van der Waals surface area contributed by atoms with Crippen LogP contribution in [-0.4, -0.2) is 28.5 Å². The maximum Gasteiger partial charge on any atom is 0.255 e. The Bertz CT molecular complexity index is 1180. The molecule has 3 aromatic rings. The van der Waals surface area contributed by atoms with E-state index >= 15 is 0 Å². The zero-order valence-electron chi connectivity index (χ0n) is 16.9. The lowest BCUT2D eigenvalue weighted by molar-refractivity contribution is 0.102. The Hall–Kier alpha value is -3.23. The molecule has 0 aliphatic carbocycles. The summed E-state index contributed by atoms with van der Waals surface area (Å²) in [6.07, 6.45) is 0. The summed E-state index contributed by atoms with van der Waals surface area (Å²) in [5, 5.41) is 3.11. The summed E-state index contributed by atoms with van der Waals surface area (Å²) in [6, 6.07) is 18.3. The Morgan fingerprint density at radius 1 is 0.903 bits per heavy atom. The van der Waals surface area contributed by atoms with Crippen molar-refractivity contribution in [2.24, 2.45) is 0 Å². The maximum absolute atomic E-state index is 12.7. The molecule has 0 saturated carbocycles. The number of hydrogen-bond acceptors (Lipinski definition) is 5. The molecule has 0 atom stereocenters. The molecule has 9 heteroatoms.